The van der Waals surface area contributed by atoms with Crippen LogP contribution >= 0.6 is 23.4 Å². The molecular formula is C17H17ClN4S. The zero-order valence-electron chi connectivity index (χ0n) is 12.5. The number of nitrogens with two attached hydrogens (primary N) is 1. The van der Waals surface area contributed by atoms with Crippen LogP contribution in [0.2, 0.25) is 5.02 Å². The summed E-state index contributed by atoms with van der Waals surface area (Å²) >= 11 is 7.91. The zero-order chi connectivity index (χ0) is 16.1. The van der Waals surface area contributed by atoms with Crippen LogP contribution in [0.25, 0.3) is 0 Å². The Morgan fingerprint density at radius 2 is 2.04 bits per heavy atom. The Kier molecular flexibility index (Phi) is 5.31. The molecule has 0 spiro atoms. The maximum Gasteiger partial charge on any atom is 0.235 e. The van der Waals surface area contributed by atoms with Gasteiger partial charge in [-0.15, -0.1) is 16.9 Å². The molecule has 0 radical (unpaired) electrons. The molecule has 0 aliphatic carbocycles. The van der Waals surface area contributed by atoms with Crippen LogP contribution in [0.1, 0.15) is 23.6 Å². The molecule has 0 aromatic heterocycles. The summed E-state index contributed by atoms with van der Waals surface area (Å²) in [6.45, 7) is 0.509. The molecule has 3 rings (SSSR count). The van der Waals surface area contributed by atoms with Crippen LogP contribution in [0, 0.1) is 0 Å². The molecule has 6 heteroatoms. The minimum absolute atomic E-state index is 0.00424. The van der Waals surface area contributed by atoms with Crippen molar-refractivity contribution in [1.29, 1.82) is 0 Å². The van der Waals surface area contributed by atoms with Crippen LogP contribution < -0.4 is 5.73 Å². The van der Waals surface area contributed by atoms with Crippen LogP contribution in [0.4, 0.5) is 0 Å². The monoisotopic (exact) mass is 344 g/mol. The van der Waals surface area contributed by atoms with Crippen LogP contribution in [0.15, 0.2) is 68.6 Å². The van der Waals surface area contributed by atoms with E-state index >= 15 is 0 Å². The normalized spacial score (nSPS) is 18.1. The SMILES string of the molecule is NC(N=NC1CCSc2ccc(Cl)cc21)=NCc1ccccc1. The minimum atomic E-state index is -0.00424. The lowest BCUT2D eigenvalue weighted by Crippen LogP contribution is -2.10. The first-order valence-electron chi connectivity index (χ1n) is 7.39. The third kappa shape index (κ3) is 4.33. The molecule has 2 aromatic rings. The first kappa shape index (κ1) is 16.0. The quantitative estimate of drug-likeness (QED) is 0.491. The lowest BCUT2D eigenvalue weighted by molar-refractivity contribution is 0.651. The first-order valence-corrected chi connectivity index (χ1v) is 8.75. The van der Waals surface area contributed by atoms with Crippen molar-refractivity contribution in [2.24, 2.45) is 21.0 Å². The zero-order valence-corrected chi connectivity index (χ0v) is 14.1. The molecule has 0 bridgehead atoms. The fraction of sp³-hybridized carbons (Fsp3) is 0.235. The lowest BCUT2D eigenvalue weighted by Gasteiger charge is -2.21. The van der Waals surface area contributed by atoms with Gasteiger partial charge in [0.1, 0.15) is 0 Å². The fourth-order valence-corrected chi connectivity index (χ4v) is 3.65. The summed E-state index contributed by atoms with van der Waals surface area (Å²) in [5.41, 5.74) is 8.06. The van der Waals surface area contributed by atoms with E-state index in [1.165, 1.54) is 4.90 Å². The van der Waals surface area contributed by atoms with E-state index in [1.807, 2.05) is 60.3 Å². The molecule has 0 amide bonds. The molecule has 118 valence electrons. The van der Waals surface area contributed by atoms with Gasteiger partial charge in [0.25, 0.3) is 0 Å². The summed E-state index contributed by atoms with van der Waals surface area (Å²) < 4.78 is 0. The number of benzene rings is 2. The minimum Gasteiger partial charge on any atom is -0.367 e. The van der Waals surface area contributed by atoms with Gasteiger partial charge in [-0.25, -0.2) is 4.99 Å². The summed E-state index contributed by atoms with van der Waals surface area (Å²) in [6.07, 6.45) is 0.924. The Hall–Kier alpha value is -1.85. The Morgan fingerprint density at radius 1 is 1.22 bits per heavy atom. The van der Waals surface area contributed by atoms with Gasteiger partial charge in [0.15, 0.2) is 0 Å². The molecule has 1 atom stereocenters. The predicted octanol–water partition coefficient (Wildman–Crippen LogP) is 4.84. The van der Waals surface area contributed by atoms with Crippen molar-refractivity contribution in [3.63, 3.8) is 0 Å². The highest BCUT2D eigenvalue weighted by Gasteiger charge is 2.20. The maximum absolute atomic E-state index is 6.09. The highest BCUT2D eigenvalue weighted by atomic mass is 35.5. The Morgan fingerprint density at radius 3 is 2.87 bits per heavy atom. The third-order valence-electron chi connectivity index (χ3n) is 3.55. The van der Waals surface area contributed by atoms with Crippen molar-refractivity contribution < 1.29 is 0 Å². The van der Waals surface area contributed by atoms with Crippen molar-refractivity contribution in [2.45, 2.75) is 23.9 Å². The van der Waals surface area contributed by atoms with Crippen LogP contribution in [0.5, 0.6) is 0 Å². The standard InChI is InChI=1S/C17H17ClN4S/c18-13-6-7-16-14(10-13)15(8-9-23-16)21-22-17(19)20-11-12-4-2-1-3-5-12/h1-7,10,15H,8-9,11H2,(H2,19,20). The van der Waals surface area contributed by atoms with Gasteiger partial charge in [0.05, 0.1) is 12.6 Å². The number of nitrogens with zero attached hydrogens (tertiary/aromatic N) is 3. The highest BCUT2D eigenvalue weighted by Crippen LogP contribution is 2.39. The highest BCUT2D eigenvalue weighted by molar-refractivity contribution is 7.99. The molecule has 4 nitrogen and oxygen atoms in total. The van der Waals surface area contributed by atoms with Crippen molar-refractivity contribution in [1.82, 2.24) is 0 Å². The van der Waals surface area contributed by atoms with Gasteiger partial charge in [-0.2, -0.15) is 5.11 Å². The van der Waals surface area contributed by atoms with Crippen LogP contribution in [0.3, 0.4) is 0 Å². The second-order valence-electron chi connectivity index (χ2n) is 5.21. The van der Waals surface area contributed by atoms with E-state index in [2.05, 4.69) is 15.2 Å². The molecule has 1 aliphatic heterocycles. The fourth-order valence-electron chi connectivity index (χ4n) is 2.38. The number of halogens is 1. The molecule has 23 heavy (non-hydrogen) atoms. The predicted molar refractivity (Wildman–Crippen MR) is 96.2 cm³/mol. The van der Waals surface area contributed by atoms with E-state index < -0.39 is 0 Å². The lowest BCUT2D eigenvalue weighted by atomic mass is 10.1. The summed E-state index contributed by atoms with van der Waals surface area (Å²) in [7, 11) is 0. The number of rotatable bonds is 3. The number of hydrogen-bond acceptors (Lipinski definition) is 3. The number of azo groups is 1. The molecule has 1 heterocycles. The molecule has 2 aromatic carbocycles. The number of aliphatic imine (C=N–C) groups is 1. The molecule has 0 saturated heterocycles. The second kappa shape index (κ2) is 7.62. The van der Waals surface area contributed by atoms with E-state index in [4.69, 9.17) is 17.3 Å². The molecular weight excluding hydrogens is 328 g/mol. The first-order chi connectivity index (χ1) is 11.2. The van der Waals surface area contributed by atoms with Crippen molar-refractivity contribution in [2.75, 3.05) is 5.75 Å². The van der Waals surface area contributed by atoms with Gasteiger partial charge in [-0.1, -0.05) is 41.9 Å². The van der Waals surface area contributed by atoms with E-state index in [1.54, 1.807) is 0 Å². The molecule has 1 aliphatic rings. The summed E-state index contributed by atoms with van der Waals surface area (Å²) in [4.78, 5) is 5.47. The molecule has 0 fully saturated rings. The number of guanidine groups is 1. The number of fused-ring (bicyclic) bond motifs is 1. The van der Waals surface area contributed by atoms with Crippen molar-refractivity contribution in [3.8, 4) is 0 Å². The number of hydrogen-bond donors (Lipinski definition) is 1. The van der Waals surface area contributed by atoms with Gasteiger partial charge in [0.2, 0.25) is 5.96 Å². The largest absolute Gasteiger partial charge is 0.367 e. The van der Waals surface area contributed by atoms with Crippen LogP contribution in [-0.4, -0.2) is 11.7 Å². The Balaban J connectivity index is 1.70. The van der Waals surface area contributed by atoms with E-state index in [-0.39, 0.29) is 12.0 Å². The van der Waals surface area contributed by atoms with E-state index in [0.29, 0.717) is 6.54 Å². The third-order valence-corrected chi connectivity index (χ3v) is 4.90. The van der Waals surface area contributed by atoms with E-state index in [9.17, 15) is 0 Å². The smallest absolute Gasteiger partial charge is 0.235 e. The average molecular weight is 345 g/mol. The topological polar surface area (TPSA) is 63.1 Å². The van der Waals surface area contributed by atoms with Gasteiger partial charge in [0, 0.05) is 15.7 Å². The van der Waals surface area contributed by atoms with Crippen molar-refractivity contribution in [3.05, 3.63) is 64.7 Å². The molecule has 2 N–H and O–H groups in total. The Labute approximate surface area is 144 Å². The van der Waals surface area contributed by atoms with Crippen LogP contribution in [-0.2, 0) is 6.54 Å². The second-order valence-corrected chi connectivity index (χ2v) is 6.78. The average Bonchev–Trinajstić information content (AvgIpc) is 2.59. The van der Waals surface area contributed by atoms with Crippen molar-refractivity contribution >= 4 is 29.3 Å². The van der Waals surface area contributed by atoms with Gasteiger partial charge in [-0.05, 0) is 35.7 Å². The van der Waals surface area contributed by atoms with Gasteiger partial charge in [-0.3, -0.25) is 0 Å². The van der Waals surface area contributed by atoms with Gasteiger partial charge >= 0.3 is 0 Å². The Bertz CT molecular complexity index is 731. The summed E-state index contributed by atoms with van der Waals surface area (Å²) in [5, 5.41) is 9.19. The van der Waals surface area contributed by atoms with Gasteiger partial charge < -0.3 is 5.73 Å². The summed E-state index contributed by atoms with van der Waals surface area (Å²) in [5.74, 6) is 1.22. The molecule has 0 saturated carbocycles. The maximum atomic E-state index is 6.09. The number of thioether (sulfide) groups is 1. The van der Waals surface area contributed by atoms with E-state index in [0.717, 1.165) is 28.3 Å². The molecule has 1 unspecified atom stereocenters. The summed E-state index contributed by atoms with van der Waals surface area (Å²) in [6, 6.07) is 15.8.